The molecule has 0 saturated carbocycles. The van der Waals surface area contributed by atoms with Gasteiger partial charge in [-0.3, -0.25) is 14.9 Å². The van der Waals surface area contributed by atoms with Crippen LogP contribution in [0.2, 0.25) is 0 Å². The SMILES string of the molecule is NC(=O)c1cnc(NC(=O)c2ccc(-c3ccccc3F)s2)s1. The Hall–Kier alpha value is -2.58. The van der Waals surface area contributed by atoms with Gasteiger partial charge >= 0.3 is 0 Å². The molecule has 0 saturated heterocycles. The lowest BCUT2D eigenvalue weighted by atomic mass is 10.2. The van der Waals surface area contributed by atoms with Crippen LogP contribution >= 0.6 is 22.7 Å². The monoisotopic (exact) mass is 347 g/mol. The van der Waals surface area contributed by atoms with E-state index in [9.17, 15) is 14.0 Å². The fourth-order valence-electron chi connectivity index (χ4n) is 1.87. The Balaban J connectivity index is 1.78. The first-order valence-corrected chi connectivity index (χ1v) is 8.09. The third-order valence-corrected chi connectivity index (χ3v) is 4.98. The maximum atomic E-state index is 13.8. The van der Waals surface area contributed by atoms with E-state index >= 15 is 0 Å². The third-order valence-electron chi connectivity index (χ3n) is 2.94. The van der Waals surface area contributed by atoms with Gasteiger partial charge in [-0.15, -0.1) is 11.3 Å². The molecular weight excluding hydrogens is 337 g/mol. The Morgan fingerprint density at radius 1 is 1.09 bits per heavy atom. The Morgan fingerprint density at radius 3 is 2.57 bits per heavy atom. The van der Waals surface area contributed by atoms with E-state index in [0.29, 0.717) is 15.3 Å². The number of hydrogen-bond acceptors (Lipinski definition) is 5. The van der Waals surface area contributed by atoms with Crippen LogP contribution in [0.5, 0.6) is 0 Å². The summed E-state index contributed by atoms with van der Waals surface area (Å²) in [6.45, 7) is 0. The number of anilines is 1. The van der Waals surface area contributed by atoms with Crippen LogP contribution in [0.25, 0.3) is 10.4 Å². The maximum absolute atomic E-state index is 13.8. The van der Waals surface area contributed by atoms with Crippen LogP contribution < -0.4 is 11.1 Å². The molecule has 3 N–H and O–H groups in total. The summed E-state index contributed by atoms with van der Waals surface area (Å²) in [6.07, 6.45) is 1.31. The highest BCUT2D eigenvalue weighted by Crippen LogP contribution is 2.30. The molecule has 1 aromatic carbocycles. The predicted molar refractivity (Wildman–Crippen MR) is 88.3 cm³/mol. The van der Waals surface area contributed by atoms with Crippen molar-refractivity contribution in [2.75, 3.05) is 5.32 Å². The molecule has 0 radical (unpaired) electrons. The first kappa shape index (κ1) is 15.3. The van der Waals surface area contributed by atoms with Crippen molar-refractivity contribution in [3.8, 4) is 10.4 Å². The number of hydrogen-bond donors (Lipinski definition) is 2. The second-order valence-corrected chi connectivity index (χ2v) is 6.61. The molecule has 0 aliphatic heterocycles. The van der Waals surface area contributed by atoms with Gasteiger partial charge in [-0.1, -0.05) is 29.5 Å². The number of benzene rings is 1. The highest BCUT2D eigenvalue weighted by atomic mass is 32.1. The molecule has 2 amide bonds. The zero-order valence-corrected chi connectivity index (χ0v) is 13.2. The minimum atomic E-state index is -0.596. The van der Waals surface area contributed by atoms with Crippen molar-refractivity contribution in [2.24, 2.45) is 5.73 Å². The van der Waals surface area contributed by atoms with Gasteiger partial charge in [0.05, 0.1) is 11.1 Å². The third kappa shape index (κ3) is 3.27. The fourth-order valence-corrected chi connectivity index (χ4v) is 3.46. The smallest absolute Gasteiger partial charge is 0.267 e. The minimum absolute atomic E-state index is 0.263. The van der Waals surface area contributed by atoms with E-state index in [2.05, 4.69) is 10.3 Å². The molecule has 0 fully saturated rings. The summed E-state index contributed by atoms with van der Waals surface area (Å²) in [5.74, 6) is -1.31. The van der Waals surface area contributed by atoms with Crippen LogP contribution in [0.3, 0.4) is 0 Å². The van der Waals surface area contributed by atoms with E-state index in [1.54, 1.807) is 30.3 Å². The largest absolute Gasteiger partial charge is 0.365 e. The number of halogens is 1. The van der Waals surface area contributed by atoms with Gasteiger partial charge in [0.15, 0.2) is 5.13 Å². The van der Waals surface area contributed by atoms with Crippen molar-refractivity contribution in [1.82, 2.24) is 4.98 Å². The van der Waals surface area contributed by atoms with Crippen LogP contribution in [0.15, 0.2) is 42.6 Å². The van der Waals surface area contributed by atoms with Gasteiger partial charge in [0, 0.05) is 10.4 Å². The topological polar surface area (TPSA) is 85.1 Å². The van der Waals surface area contributed by atoms with Crippen molar-refractivity contribution >= 4 is 39.6 Å². The normalized spacial score (nSPS) is 10.5. The standard InChI is InChI=1S/C15H10FN3O2S2/c16-9-4-2-1-3-8(9)10-5-6-11(22-10)14(21)19-15-18-7-12(23-15)13(17)20/h1-7H,(H2,17,20)(H,18,19,21). The Bertz CT molecular complexity index is 888. The van der Waals surface area contributed by atoms with Crippen LogP contribution in [0, 0.1) is 5.82 Å². The second kappa shape index (κ2) is 6.27. The van der Waals surface area contributed by atoms with Crippen molar-refractivity contribution < 1.29 is 14.0 Å². The van der Waals surface area contributed by atoms with Gasteiger partial charge in [-0.05, 0) is 18.2 Å². The average molecular weight is 347 g/mol. The molecule has 2 aromatic heterocycles. The molecule has 0 unspecified atom stereocenters. The van der Waals surface area contributed by atoms with Crippen LogP contribution in [0.1, 0.15) is 19.3 Å². The van der Waals surface area contributed by atoms with Crippen LogP contribution in [-0.4, -0.2) is 16.8 Å². The second-order valence-electron chi connectivity index (χ2n) is 4.49. The number of carbonyl (C=O) groups excluding carboxylic acids is 2. The number of carbonyl (C=O) groups is 2. The molecule has 0 bridgehead atoms. The van der Waals surface area contributed by atoms with Gasteiger partial charge < -0.3 is 5.73 Å². The fraction of sp³-hybridized carbons (Fsp3) is 0. The lowest BCUT2D eigenvalue weighted by molar-refractivity contribution is 0.100. The zero-order chi connectivity index (χ0) is 16.4. The van der Waals surface area contributed by atoms with Crippen LogP contribution in [-0.2, 0) is 0 Å². The van der Waals surface area contributed by atoms with Gasteiger partial charge in [0.2, 0.25) is 0 Å². The number of primary amides is 1. The number of rotatable bonds is 4. The van der Waals surface area contributed by atoms with Crippen molar-refractivity contribution in [1.29, 1.82) is 0 Å². The van der Waals surface area contributed by atoms with Crippen molar-refractivity contribution in [2.45, 2.75) is 0 Å². The van der Waals surface area contributed by atoms with Crippen molar-refractivity contribution in [3.05, 3.63) is 58.2 Å². The van der Waals surface area contributed by atoms with E-state index in [1.807, 2.05) is 0 Å². The highest BCUT2D eigenvalue weighted by molar-refractivity contribution is 7.18. The summed E-state index contributed by atoms with van der Waals surface area (Å²) in [7, 11) is 0. The van der Waals surface area contributed by atoms with E-state index in [-0.39, 0.29) is 21.7 Å². The molecule has 0 aliphatic carbocycles. The van der Waals surface area contributed by atoms with E-state index < -0.39 is 5.91 Å². The van der Waals surface area contributed by atoms with E-state index in [0.717, 1.165) is 11.3 Å². The molecule has 0 spiro atoms. The molecule has 3 rings (SSSR count). The Labute approximate surface area is 138 Å². The van der Waals surface area contributed by atoms with Crippen molar-refractivity contribution in [3.63, 3.8) is 0 Å². The number of nitrogens with zero attached hydrogens (tertiary/aromatic N) is 1. The summed E-state index contributed by atoms with van der Waals surface area (Å²) in [5.41, 5.74) is 5.58. The number of amides is 2. The van der Waals surface area contributed by atoms with E-state index in [1.165, 1.54) is 23.6 Å². The molecular formula is C15H10FN3O2S2. The lowest BCUT2D eigenvalue weighted by Crippen LogP contribution is -2.09. The Kier molecular flexibility index (Phi) is 4.18. The van der Waals surface area contributed by atoms with Gasteiger partial charge in [-0.25, -0.2) is 9.37 Å². The number of nitrogens with two attached hydrogens (primary N) is 1. The number of nitrogens with one attached hydrogen (secondary N) is 1. The summed E-state index contributed by atoms with van der Waals surface area (Å²) in [5, 5.41) is 2.87. The molecule has 0 atom stereocenters. The number of thiophene rings is 1. The van der Waals surface area contributed by atoms with E-state index in [4.69, 9.17) is 5.73 Å². The molecule has 116 valence electrons. The first-order valence-electron chi connectivity index (χ1n) is 6.46. The molecule has 5 nitrogen and oxygen atoms in total. The summed E-state index contributed by atoms with van der Waals surface area (Å²) in [4.78, 5) is 28.4. The number of thiazole rings is 1. The van der Waals surface area contributed by atoms with Gasteiger partial charge in [0.25, 0.3) is 11.8 Å². The molecule has 23 heavy (non-hydrogen) atoms. The minimum Gasteiger partial charge on any atom is -0.365 e. The van der Waals surface area contributed by atoms with Crippen LogP contribution in [0.4, 0.5) is 9.52 Å². The molecule has 3 aromatic rings. The molecule has 0 aliphatic rings. The molecule has 8 heteroatoms. The zero-order valence-electron chi connectivity index (χ0n) is 11.6. The highest BCUT2D eigenvalue weighted by Gasteiger charge is 2.15. The average Bonchev–Trinajstić information content (AvgIpc) is 3.16. The Morgan fingerprint density at radius 2 is 1.87 bits per heavy atom. The predicted octanol–water partition coefficient (Wildman–Crippen LogP) is 3.36. The number of aromatic nitrogens is 1. The van der Waals surface area contributed by atoms with Gasteiger partial charge in [-0.2, -0.15) is 0 Å². The first-order chi connectivity index (χ1) is 11.0. The summed E-state index contributed by atoms with van der Waals surface area (Å²) >= 11 is 2.17. The van der Waals surface area contributed by atoms with Gasteiger partial charge in [0.1, 0.15) is 10.7 Å². The quantitative estimate of drug-likeness (QED) is 0.759. The summed E-state index contributed by atoms with van der Waals surface area (Å²) < 4.78 is 13.8. The lowest BCUT2D eigenvalue weighted by Gasteiger charge is -1.99. The summed E-state index contributed by atoms with van der Waals surface area (Å²) in [6, 6.07) is 9.68. The maximum Gasteiger partial charge on any atom is 0.267 e. The molecule has 2 heterocycles.